The summed E-state index contributed by atoms with van der Waals surface area (Å²) in [6.07, 6.45) is 10.9. The number of hydrogen-bond acceptors (Lipinski definition) is 2. The first-order chi connectivity index (χ1) is 11.7. The molecule has 0 aromatic carbocycles. The van der Waals surface area contributed by atoms with Crippen LogP contribution in [-0.4, -0.2) is 58.9 Å². The summed E-state index contributed by atoms with van der Waals surface area (Å²) in [4.78, 5) is 31.6. The lowest BCUT2D eigenvalue weighted by Gasteiger charge is -2.27. The van der Waals surface area contributed by atoms with Crippen LogP contribution in [0.3, 0.4) is 0 Å². The first kappa shape index (κ1) is 16.9. The summed E-state index contributed by atoms with van der Waals surface area (Å²) in [7, 11) is 0. The van der Waals surface area contributed by atoms with Crippen LogP contribution in [0.2, 0.25) is 0 Å². The van der Waals surface area contributed by atoms with Gasteiger partial charge in [0.25, 0.3) is 0 Å². The molecule has 0 radical (unpaired) electrons. The second-order valence-electron chi connectivity index (χ2n) is 6.90. The molecule has 6 nitrogen and oxygen atoms in total. The predicted octanol–water partition coefficient (Wildman–Crippen LogP) is 2.13. The van der Waals surface area contributed by atoms with Gasteiger partial charge < -0.3 is 20.1 Å². The Morgan fingerprint density at radius 3 is 2.54 bits per heavy atom. The summed E-state index contributed by atoms with van der Waals surface area (Å²) < 4.78 is 0. The van der Waals surface area contributed by atoms with E-state index >= 15 is 0 Å². The van der Waals surface area contributed by atoms with Crippen LogP contribution in [0.1, 0.15) is 44.1 Å². The maximum absolute atomic E-state index is 12.5. The zero-order valence-corrected chi connectivity index (χ0v) is 14.3. The molecule has 0 atom stereocenters. The van der Waals surface area contributed by atoms with Gasteiger partial charge in [-0.1, -0.05) is 19.3 Å². The van der Waals surface area contributed by atoms with E-state index in [1.54, 1.807) is 0 Å². The van der Waals surface area contributed by atoms with E-state index in [1.807, 2.05) is 28.3 Å². The summed E-state index contributed by atoms with van der Waals surface area (Å²) in [5.41, 5.74) is 1.01. The van der Waals surface area contributed by atoms with E-state index in [1.165, 1.54) is 19.3 Å². The van der Waals surface area contributed by atoms with Gasteiger partial charge in [0.15, 0.2) is 0 Å². The highest BCUT2D eigenvalue weighted by atomic mass is 16.2. The molecule has 132 valence electrons. The van der Waals surface area contributed by atoms with Gasteiger partial charge in [0, 0.05) is 44.6 Å². The van der Waals surface area contributed by atoms with Gasteiger partial charge in [-0.15, -0.1) is 0 Å². The van der Waals surface area contributed by atoms with Crippen LogP contribution < -0.4 is 5.32 Å². The Balaban J connectivity index is 1.47. The Kier molecular flexibility index (Phi) is 5.77. The van der Waals surface area contributed by atoms with Crippen LogP contribution in [0.5, 0.6) is 0 Å². The Morgan fingerprint density at radius 2 is 1.79 bits per heavy atom. The maximum Gasteiger partial charge on any atom is 0.317 e. The minimum Gasteiger partial charge on any atom is -0.367 e. The molecule has 2 N–H and O–H groups in total. The van der Waals surface area contributed by atoms with E-state index in [9.17, 15) is 9.59 Å². The maximum atomic E-state index is 12.5. The summed E-state index contributed by atoms with van der Waals surface area (Å²) >= 11 is 0. The SMILES string of the molecule is O=C(Cc1cc[nH]c1)N1CCCN(C(=O)NC2CCCCC2)CC1. The number of carbonyl (C=O) groups is 2. The van der Waals surface area contributed by atoms with E-state index in [0.29, 0.717) is 25.6 Å². The molecule has 0 spiro atoms. The van der Waals surface area contributed by atoms with Crippen molar-refractivity contribution < 1.29 is 9.59 Å². The molecular formula is C18H28N4O2. The van der Waals surface area contributed by atoms with Crippen molar-refractivity contribution in [2.75, 3.05) is 26.2 Å². The van der Waals surface area contributed by atoms with Gasteiger partial charge in [0.1, 0.15) is 0 Å². The minimum atomic E-state index is 0.0434. The van der Waals surface area contributed by atoms with Crippen LogP contribution in [0.25, 0.3) is 0 Å². The Hall–Kier alpha value is -1.98. The number of H-pyrrole nitrogens is 1. The van der Waals surface area contributed by atoms with Gasteiger partial charge >= 0.3 is 6.03 Å². The van der Waals surface area contributed by atoms with Crippen LogP contribution in [0.15, 0.2) is 18.5 Å². The minimum absolute atomic E-state index is 0.0434. The zero-order valence-electron chi connectivity index (χ0n) is 14.3. The van der Waals surface area contributed by atoms with Crippen molar-refractivity contribution >= 4 is 11.9 Å². The monoisotopic (exact) mass is 332 g/mol. The molecule has 0 bridgehead atoms. The molecule has 3 rings (SSSR count). The molecule has 24 heavy (non-hydrogen) atoms. The molecular weight excluding hydrogens is 304 g/mol. The van der Waals surface area contributed by atoms with E-state index in [2.05, 4.69) is 10.3 Å². The fourth-order valence-corrected chi connectivity index (χ4v) is 3.64. The van der Waals surface area contributed by atoms with E-state index in [0.717, 1.165) is 37.9 Å². The topological polar surface area (TPSA) is 68.4 Å². The van der Waals surface area contributed by atoms with Crippen molar-refractivity contribution in [1.29, 1.82) is 0 Å². The van der Waals surface area contributed by atoms with Crippen molar-refractivity contribution in [1.82, 2.24) is 20.1 Å². The van der Waals surface area contributed by atoms with Crippen molar-refractivity contribution in [3.05, 3.63) is 24.0 Å². The molecule has 3 amide bonds. The number of aromatic amines is 1. The number of carbonyl (C=O) groups excluding carboxylic acids is 2. The Bertz CT molecular complexity index is 537. The van der Waals surface area contributed by atoms with E-state index < -0.39 is 0 Å². The second kappa shape index (κ2) is 8.22. The third-order valence-electron chi connectivity index (χ3n) is 5.09. The number of aromatic nitrogens is 1. The summed E-state index contributed by atoms with van der Waals surface area (Å²) in [5.74, 6) is 0.143. The van der Waals surface area contributed by atoms with Gasteiger partial charge in [-0.3, -0.25) is 4.79 Å². The molecule has 1 saturated heterocycles. The first-order valence-electron chi connectivity index (χ1n) is 9.17. The number of amides is 3. The van der Waals surface area contributed by atoms with Gasteiger partial charge in [-0.05, 0) is 30.9 Å². The van der Waals surface area contributed by atoms with Crippen LogP contribution in [-0.2, 0) is 11.2 Å². The predicted molar refractivity (Wildman–Crippen MR) is 92.7 cm³/mol. The van der Waals surface area contributed by atoms with E-state index in [4.69, 9.17) is 0 Å². The quantitative estimate of drug-likeness (QED) is 0.890. The van der Waals surface area contributed by atoms with Crippen molar-refractivity contribution in [2.45, 2.75) is 51.0 Å². The van der Waals surface area contributed by atoms with Crippen molar-refractivity contribution in [3.63, 3.8) is 0 Å². The highest BCUT2D eigenvalue weighted by Gasteiger charge is 2.24. The second-order valence-corrected chi connectivity index (χ2v) is 6.90. The standard InChI is InChI=1S/C18H28N4O2/c23-17(13-15-7-8-19-14-15)21-9-4-10-22(12-11-21)18(24)20-16-5-2-1-3-6-16/h7-8,14,16,19H,1-6,9-13H2,(H,20,24). The Labute approximate surface area is 143 Å². The van der Waals surface area contributed by atoms with E-state index in [-0.39, 0.29) is 11.9 Å². The molecule has 1 aromatic heterocycles. The largest absolute Gasteiger partial charge is 0.367 e. The smallest absolute Gasteiger partial charge is 0.317 e. The molecule has 1 aliphatic carbocycles. The molecule has 0 unspecified atom stereocenters. The fourth-order valence-electron chi connectivity index (χ4n) is 3.64. The highest BCUT2D eigenvalue weighted by molar-refractivity contribution is 5.79. The number of rotatable bonds is 3. The van der Waals surface area contributed by atoms with Crippen LogP contribution >= 0.6 is 0 Å². The normalized spacial score (nSPS) is 19.8. The summed E-state index contributed by atoms with van der Waals surface area (Å²) in [5, 5.41) is 3.18. The molecule has 1 aromatic rings. The average molecular weight is 332 g/mol. The third kappa shape index (κ3) is 4.52. The molecule has 6 heteroatoms. The summed E-state index contributed by atoms with van der Waals surface area (Å²) in [6.45, 7) is 2.71. The van der Waals surface area contributed by atoms with Crippen LogP contribution in [0.4, 0.5) is 4.79 Å². The first-order valence-corrected chi connectivity index (χ1v) is 9.17. The number of nitrogens with zero attached hydrogens (tertiary/aromatic N) is 2. The van der Waals surface area contributed by atoms with Gasteiger partial charge in [0.2, 0.25) is 5.91 Å². The number of urea groups is 1. The van der Waals surface area contributed by atoms with Gasteiger partial charge in [0.05, 0.1) is 6.42 Å². The van der Waals surface area contributed by atoms with Crippen molar-refractivity contribution in [2.24, 2.45) is 0 Å². The Morgan fingerprint density at radius 1 is 1.04 bits per heavy atom. The third-order valence-corrected chi connectivity index (χ3v) is 5.09. The van der Waals surface area contributed by atoms with Gasteiger partial charge in [-0.2, -0.15) is 0 Å². The lowest BCUT2D eigenvalue weighted by Crippen LogP contribution is -2.47. The van der Waals surface area contributed by atoms with Crippen LogP contribution in [0, 0.1) is 0 Å². The molecule has 2 aliphatic rings. The molecule has 1 aliphatic heterocycles. The zero-order chi connectivity index (χ0) is 16.8. The molecule has 2 fully saturated rings. The number of hydrogen-bond donors (Lipinski definition) is 2. The lowest BCUT2D eigenvalue weighted by atomic mass is 9.96. The lowest BCUT2D eigenvalue weighted by molar-refractivity contribution is -0.130. The molecule has 1 saturated carbocycles. The molecule has 2 heterocycles. The van der Waals surface area contributed by atoms with Gasteiger partial charge in [-0.25, -0.2) is 4.79 Å². The highest BCUT2D eigenvalue weighted by Crippen LogP contribution is 2.18. The fraction of sp³-hybridized carbons (Fsp3) is 0.667. The summed E-state index contributed by atoms with van der Waals surface area (Å²) in [6, 6.07) is 2.31. The number of nitrogens with one attached hydrogen (secondary N) is 2. The average Bonchev–Trinajstić information content (AvgIpc) is 2.96. The van der Waals surface area contributed by atoms with Crippen molar-refractivity contribution in [3.8, 4) is 0 Å².